The van der Waals surface area contributed by atoms with Gasteiger partial charge in [0.2, 0.25) is 5.89 Å². The maximum Gasteiger partial charge on any atom is 0.251 e. The Labute approximate surface area is 185 Å². The van der Waals surface area contributed by atoms with E-state index in [4.69, 9.17) is 9.40 Å². The monoisotopic (exact) mass is 429 g/mol. The van der Waals surface area contributed by atoms with E-state index >= 15 is 0 Å². The van der Waals surface area contributed by atoms with Gasteiger partial charge in [0.15, 0.2) is 0 Å². The lowest BCUT2D eigenvalue weighted by atomic mass is 10.1. The van der Waals surface area contributed by atoms with Crippen LogP contribution in [0.3, 0.4) is 0 Å². The summed E-state index contributed by atoms with van der Waals surface area (Å²) >= 11 is 1.63. The first-order valence-electron chi connectivity index (χ1n) is 10.4. The van der Waals surface area contributed by atoms with Gasteiger partial charge in [-0.25, -0.2) is 4.98 Å². The summed E-state index contributed by atoms with van der Waals surface area (Å²) in [5, 5.41) is 4.95. The van der Waals surface area contributed by atoms with Crippen LogP contribution in [0.5, 0.6) is 0 Å². The Balaban J connectivity index is 1.27. The highest BCUT2D eigenvalue weighted by Crippen LogP contribution is 2.30. The quantitative estimate of drug-likeness (QED) is 0.457. The summed E-state index contributed by atoms with van der Waals surface area (Å²) in [6.45, 7) is 4.23. The Kier molecular flexibility index (Phi) is 5.30. The van der Waals surface area contributed by atoms with Gasteiger partial charge in [0.25, 0.3) is 5.91 Å². The van der Waals surface area contributed by atoms with Crippen molar-refractivity contribution in [3.8, 4) is 11.5 Å². The van der Waals surface area contributed by atoms with Crippen LogP contribution < -0.4 is 10.2 Å². The van der Waals surface area contributed by atoms with Crippen molar-refractivity contribution in [1.82, 2.24) is 10.3 Å². The number of amides is 1. The topological polar surface area (TPSA) is 58.4 Å². The van der Waals surface area contributed by atoms with Crippen LogP contribution in [-0.2, 0) is 19.5 Å². The molecule has 0 fully saturated rings. The number of hydrogen-bond acceptors (Lipinski definition) is 5. The number of carbonyl (C=O) groups is 1. The van der Waals surface area contributed by atoms with Gasteiger partial charge in [0.1, 0.15) is 11.5 Å². The molecule has 2 aromatic carbocycles. The molecule has 6 heteroatoms. The first kappa shape index (κ1) is 19.6. The molecule has 5 nitrogen and oxygen atoms in total. The molecule has 0 saturated carbocycles. The number of thiophene rings is 1. The van der Waals surface area contributed by atoms with Crippen LogP contribution in [0.15, 0.2) is 70.5 Å². The van der Waals surface area contributed by atoms with Crippen LogP contribution in [0.2, 0.25) is 0 Å². The normalized spacial score (nSPS) is 12.7. The van der Waals surface area contributed by atoms with Crippen LogP contribution >= 0.6 is 11.3 Å². The molecule has 1 aliphatic rings. The molecule has 0 radical (unpaired) electrons. The fourth-order valence-electron chi connectivity index (χ4n) is 3.90. The third-order valence-corrected chi connectivity index (χ3v) is 6.49. The molecule has 4 aromatic rings. The molecule has 3 heterocycles. The third-order valence-electron chi connectivity index (χ3n) is 5.61. The fraction of sp³-hybridized carbons (Fsp3) is 0.200. The summed E-state index contributed by atoms with van der Waals surface area (Å²) in [4.78, 5) is 20.6. The van der Waals surface area contributed by atoms with E-state index in [0.29, 0.717) is 18.0 Å². The van der Waals surface area contributed by atoms with Crippen LogP contribution in [0.25, 0.3) is 11.5 Å². The summed E-state index contributed by atoms with van der Waals surface area (Å²) in [5.74, 6) is 1.33. The van der Waals surface area contributed by atoms with Crippen molar-refractivity contribution < 1.29 is 9.21 Å². The van der Waals surface area contributed by atoms with Crippen molar-refractivity contribution in [3.63, 3.8) is 0 Å². The smallest absolute Gasteiger partial charge is 0.251 e. The number of fused-ring (bicyclic) bond motifs is 1. The van der Waals surface area contributed by atoms with Gasteiger partial charge in [0, 0.05) is 28.2 Å². The summed E-state index contributed by atoms with van der Waals surface area (Å²) in [6.07, 6.45) is 1.07. The first-order valence-corrected chi connectivity index (χ1v) is 11.3. The van der Waals surface area contributed by atoms with E-state index in [-0.39, 0.29) is 5.91 Å². The molecule has 5 rings (SSSR count). The lowest BCUT2D eigenvalue weighted by Gasteiger charge is -2.17. The molecule has 0 atom stereocenters. The van der Waals surface area contributed by atoms with Gasteiger partial charge in [-0.05, 0) is 60.7 Å². The van der Waals surface area contributed by atoms with Gasteiger partial charge in [-0.3, -0.25) is 4.79 Å². The van der Waals surface area contributed by atoms with Crippen molar-refractivity contribution in [2.75, 3.05) is 11.4 Å². The van der Waals surface area contributed by atoms with Gasteiger partial charge < -0.3 is 14.6 Å². The second-order valence-corrected chi connectivity index (χ2v) is 8.69. The van der Waals surface area contributed by atoms with E-state index in [0.717, 1.165) is 41.4 Å². The van der Waals surface area contributed by atoms with E-state index in [1.165, 1.54) is 11.3 Å². The lowest BCUT2D eigenvalue weighted by Crippen LogP contribution is -2.22. The number of rotatable bonds is 6. The minimum Gasteiger partial charge on any atom is -0.441 e. The molecule has 1 amide bonds. The van der Waals surface area contributed by atoms with Gasteiger partial charge in [0.05, 0.1) is 13.1 Å². The van der Waals surface area contributed by atoms with Crippen LogP contribution in [0.4, 0.5) is 5.69 Å². The number of para-hydroxylation sites is 1. The molecule has 156 valence electrons. The minimum absolute atomic E-state index is 0.0862. The highest BCUT2D eigenvalue weighted by atomic mass is 32.1. The van der Waals surface area contributed by atoms with E-state index < -0.39 is 0 Å². The third kappa shape index (κ3) is 4.11. The number of oxazole rings is 1. The minimum atomic E-state index is -0.0862. The number of nitrogens with one attached hydrogen (secondary N) is 1. The van der Waals surface area contributed by atoms with Gasteiger partial charge >= 0.3 is 0 Å². The number of nitrogens with zero attached hydrogens (tertiary/aromatic N) is 2. The Morgan fingerprint density at radius 1 is 1.13 bits per heavy atom. The molecular weight excluding hydrogens is 406 g/mol. The molecule has 31 heavy (non-hydrogen) atoms. The van der Waals surface area contributed by atoms with Gasteiger partial charge in [-0.15, -0.1) is 11.3 Å². The van der Waals surface area contributed by atoms with Gasteiger partial charge in [-0.2, -0.15) is 0 Å². The van der Waals surface area contributed by atoms with E-state index in [2.05, 4.69) is 34.5 Å². The number of hydrogen-bond donors (Lipinski definition) is 1. The number of anilines is 1. The standard InChI is InChI=1S/C25H23N3O2S/c1-17-22(16-28-13-12-18-5-2-3-7-23(18)28)27-25(30-17)20-10-8-19(9-11-20)24(29)26-15-21-6-4-14-31-21/h2-11,14H,12-13,15-16H2,1H3,(H,26,29). The van der Waals surface area contributed by atoms with Crippen LogP contribution in [0.1, 0.15) is 32.3 Å². The summed E-state index contributed by atoms with van der Waals surface area (Å²) in [7, 11) is 0. The predicted molar refractivity (Wildman–Crippen MR) is 123 cm³/mol. The maximum atomic E-state index is 12.4. The lowest BCUT2D eigenvalue weighted by molar-refractivity contribution is 0.0951. The Bertz CT molecular complexity index is 1200. The van der Waals surface area contributed by atoms with E-state index in [1.807, 2.05) is 48.7 Å². The zero-order valence-electron chi connectivity index (χ0n) is 17.3. The second kappa shape index (κ2) is 8.40. The molecule has 0 spiro atoms. The summed E-state index contributed by atoms with van der Waals surface area (Å²) < 4.78 is 5.96. The first-order chi connectivity index (χ1) is 15.2. The molecule has 2 aromatic heterocycles. The number of aryl methyl sites for hydroxylation is 1. The largest absolute Gasteiger partial charge is 0.441 e. The molecule has 0 unspecified atom stereocenters. The van der Waals surface area contributed by atoms with E-state index in [9.17, 15) is 4.79 Å². The molecule has 0 aliphatic carbocycles. The Morgan fingerprint density at radius 2 is 1.97 bits per heavy atom. The maximum absolute atomic E-state index is 12.4. The molecule has 1 N–H and O–H groups in total. The van der Waals surface area contributed by atoms with Crippen molar-refractivity contribution in [1.29, 1.82) is 0 Å². The summed E-state index contributed by atoms with van der Waals surface area (Å²) in [5.41, 5.74) is 5.11. The Hall–Kier alpha value is -3.38. The zero-order chi connectivity index (χ0) is 21.2. The SMILES string of the molecule is Cc1oc(-c2ccc(C(=O)NCc3cccs3)cc2)nc1CN1CCc2ccccc21. The van der Waals surface area contributed by atoms with Crippen molar-refractivity contribution in [3.05, 3.63) is 93.5 Å². The predicted octanol–water partition coefficient (Wildman–Crippen LogP) is 5.20. The highest BCUT2D eigenvalue weighted by molar-refractivity contribution is 7.09. The number of carbonyl (C=O) groups excluding carboxylic acids is 1. The molecule has 0 saturated heterocycles. The highest BCUT2D eigenvalue weighted by Gasteiger charge is 2.21. The molecular formula is C25H23N3O2S. The molecule has 0 bridgehead atoms. The average Bonchev–Trinajstić information content (AvgIpc) is 3.54. The van der Waals surface area contributed by atoms with Crippen molar-refractivity contribution in [2.45, 2.75) is 26.4 Å². The number of benzene rings is 2. The number of aromatic nitrogens is 1. The zero-order valence-corrected chi connectivity index (χ0v) is 18.1. The van der Waals surface area contributed by atoms with Crippen LogP contribution in [-0.4, -0.2) is 17.4 Å². The van der Waals surface area contributed by atoms with Crippen molar-refractivity contribution >= 4 is 22.9 Å². The average molecular weight is 430 g/mol. The van der Waals surface area contributed by atoms with Crippen LogP contribution in [0, 0.1) is 6.92 Å². The van der Waals surface area contributed by atoms with Gasteiger partial charge in [-0.1, -0.05) is 24.3 Å². The fourth-order valence-corrected chi connectivity index (χ4v) is 4.54. The van der Waals surface area contributed by atoms with E-state index in [1.54, 1.807) is 11.3 Å². The second-order valence-electron chi connectivity index (χ2n) is 7.66. The summed E-state index contributed by atoms with van der Waals surface area (Å²) in [6, 6.07) is 19.9. The Morgan fingerprint density at radius 3 is 2.77 bits per heavy atom. The molecule has 1 aliphatic heterocycles. The van der Waals surface area contributed by atoms with Crippen molar-refractivity contribution in [2.24, 2.45) is 0 Å².